The molecule has 0 fully saturated rings. The normalized spacial score (nSPS) is 12.0. The largest absolute Gasteiger partial charge is 0.337 e. The Kier molecular flexibility index (Phi) is 3.42. The van der Waals surface area contributed by atoms with E-state index >= 15 is 0 Å². The molecule has 0 radical (unpaired) electrons. The maximum Gasteiger partial charge on any atom is 0.248 e. The van der Waals surface area contributed by atoms with Crippen LogP contribution in [0.3, 0.4) is 0 Å². The van der Waals surface area contributed by atoms with Gasteiger partial charge < -0.3 is 9.84 Å². The van der Waals surface area contributed by atoms with Crippen molar-refractivity contribution in [2.24, 2.45) is 0 Å². The summed E-state index contributed by atoms with van der Waals surface area (Å²) in [4.78, 5) is 4.35. The molecule has 0 unspecified atom stereocenters. The van der Waals surface area contributed by atoms with Gasteiger partial charge in [-0.15, -0.1) is 5.10 Å². The molecule has 0 amide bonds. The minimum Gasteiger partial charge on any atom is -0.337 e. The minimum absolute atomic E-state index is 0.110. The van der Waals surface area contributed by atoms with E-state index in [1.54, 1.807) is 4.68 Å². The van der Waals surface area contributed by atoms with E-state index in [9.17, 15) is 0 Å². The molecule has 2 rings (SSSR count). The van der Waals surface area contributed by atoms with Gasteiger partial charge in [0.05, 0.1) is 11.9 Å². The Morgan fingerprint density at radius 3 is 2.78 bits per heavy atom. The van der Waals surface area contributed by atoms with Crippen molar-refractivity contribution in [3.8, 4) is 0 Å². The predicted octanol–water partition coefficient (Wildman–Crippen LogP) is 0.726. The van der Waals surface area contributed by atoms with Crippen LogP contribution in [-0.4, -0.2) is 32.2 Å². The lowest BCUT2D eigenvalue weighted by molar-refractivity contribution is 0.352. The van der Waals surface area contributed by atoms with Gasteiger partial charge in [0, 0.05) is 12.0 Å². The van der Waals surface area contributed by atoms with Gasteiger partial charge in [-0.2, -0.15) is 4.98 Å². The molecular weight excluding hydrogens is 232 g/mol. The highest BCUT2D eigenvalue weighted by Crippen LogP contribution is 2.18. The Bertz CT molecular complexity index is 510. The molecule has 2 aromatic rings. The van der Waals surface area contributed by atoms with Crippen molar-refractivity contribution >= 4 is 0 Å². The number of nitrogens with one attached hydrogen (secondary N) is 1. The van der Waals surface area contributed by atoms with Crippen LogP contribution in [0.4, 0.5) is 0 Å². The second-order valence-corrected chi connectivity index (χ2v) is 5.20. The van der Waals surface area contributed by atoms with Crippen LogP contribution in [0.25, 0.3) is 0 Å². The molecule has 0 atom stereocenters. The number of aromatic nitrogens is 5. The van der Waals surface area contributed by atoms with E-state index < -0.39 is 0 Å². The first-order valence-electron chi connectivity index (χ1n) is 5.85. The van der Waals surface area contributed by atoms with E-state index in [1.165, 1.54) is 0 Å². The average molecular weight is 250 g/mol. The van der Waals surface area contributed by atoms with Crippen molar-refractivity contribution in [1.29, 1.82) is 0 Å². The number of rotatable bonds is 4. The number of hydrogen-bond donors (Lipinski definition) is 1. The van der Waals surface area contributed by atoms with Gasteiger partial charge >= 0.3 is 0 Å². The van der Waals surface area contributed by atoms with Crippen molar-refractivity contribution < 1.29 is 4.52 Å². The molecule has 0 spiro atoms. The van der Waals surface area contributed by atoms with Gasteiger partial charge in [-0.05, 0) is 7.05 Å². The Morgan fingerprint density at radius 2 is 2.17 bits per heavy atom. The molecule has 2 heterocycles. The summed E-state index contributed by atoms with van der Waals surface area (Å²) >= 11 is 0. The van der Waals surface area contributed by atoms with Crippen molar-refractivity contribution in [3.63, 3.8) is 0 Å². The first kappa shape index (κ1) is 12.7. The van der Waals surface area contributed by atoms with Crippen molar-refractivity contribution in [2.45, 2.75) is 39.3 Å². The Hall–Kier alpha value is -1.76. The molecule has 1 N–H and O–H groups in total. The van der Waals surface area contributed by atoms with Crippen molar-refractivity contribution in [2.75, 3.05) is 7.05 Å². The fourth-order valence-electron chi connectivity index (χ4n) is 1.44. The fourth-order valence-corrected chi connectivity index (χ4v) is 1.44. The van der Waals surface area contributed by atoms with E-state index in [-0.39, 0.29) is 5.41 Å². The summed E-state index contributed by atoms with van der Waals surface area (Å²) in [6.07, 6.45) is 1.86. The molecule has 0 aliphatic rings. The van der Waals surface area contributed by atoms with Crippen LogP contribution >= 0.6 is 0 Å². The molecule has 7 nitrogen and oxygen atoms in total. The fraction of sp³-hybridized carbons (Fsp3) is 0.636. The summed E-state index contributed by atoms with van der Waals surface area (Å²) in [5.41, 5.74) is 0.773. The molecule has 0 aliphatic carbocycles. The SMILES string of the molecule is CNCc1cn(Cc2nc(C(C)(C)C)no2)nn1. The van der Waals surface area contributed by atoms with Gasteiger partial charge in [-0.3, -0.25) is 0 Å². The van der Waals surface area contributed by atoms with E-state index in [0.29, 0.717) is 24.8 Å². The van der Waals surface area contributed by atoms with Gasteiger partial charge in [0.1, 0.15) is 6.54 Å². The van der Waals surface area contributed by atoms with Gasteiger partial charge in [-0.1, -0.05) is 31.1 Å². The molecule has 0 saturated carbocycles. The lowest BCUT2D eigenvalue weighted by atomic mass is 9.96. The molecule has 0 bridgehead atoms. The van der Waals surface area contributed by atoms with Gasteiger partial charge in [0.25, 0.3) is 0 Å². The predicted molar refractivity (Wildman–Crippen MR) is 64.9 cm³/mol. The molecule has 0 aliphatic heterocycles. The zero-order valence-electron chi connectivity index (χ0n) is 11.1. The smallest absolute Gasteiger partial charge is 0.248 e. The second kappa shape index (κ2) is 4.85. The maximum absolute atomic E-state index is 5.20. The summed E-state index contributed by atoms with van der Waals surface area (Å²) in [5, 5.41) is 15.0. The van der Waals surface area contributed by atoms with Gasteiger partial charge in [-0.25, -0.2) is 4.68 Å². The molecule has 0 saturated heterocycles. The van der Waals surface area contributed by atoms with Crippen molar-refractivity contribution in [1.82, 2.24) is 30.5 Å². The lowest BCUT2D eigenvalue weighted by Crippen LogP contribution is -2.13. The quantitative estimate of drug-likeness (QED) is 0.861. The molecule has 18 heavy (non-hydrogen) atoms. The number of hydrogen-bond acceptors (Lipinski definition) is 6. The Morgan fingerprint density at radius 1 is 1.39 bits per heavy atom. The third-order valence-electron chi connectivity index (χ3n) is 2.38. The van der Waals surface area contributed by atoms with Crippen LogP contribution < -0.4 is 5.32 Å². The number of nitrogens with zero attached hydrogens (tertiary/aromatic N) is 5. The van der Waals surface area contributed by atoms with E-state index in [2.05, 4.69) is 25.8 Å². The van der Waals surface area contributed by atoms with E-state index in [0.717, 1.165) is 5.69 Å². The first-order chi connectivity index (χ1) is 8.49. The molecule has 7 heteroatoms. The minimum atomic E-state index is -0.110. The Labute approximate surface area is 106 Å². The summed E-state index contributed by atoms with van der Waals surface area (Å²) in [5.74, 6) is 1.24. The maximum atomic E-state index is 5.20. The van der Waals surface area contributed by atoms with Crippen molar-refractivity contribution in [3.05, 3.63) is 23.6 Å². The summed E-state index contributed by atoms with van der Waals surface area (Å²) < 4.78 is 6.89. The summed E-state index contributed by atoms with van der Waals surface area (Å²) in [7, 11) is 1.87. The van der Waals surface area contributed by atoms with Crippen LogP contribution in [0.1, 0.15) is 38.2 Å². The molecule has 98 valence electrons. The highest BCUT2D eigenvalue weighted by atomic mass is 16.5. The van der Waals surface area contributed by atoms with Crippen LogP contribution in [0.15, 0.2) is 10.7 Å². The molecule has 2 aromatic heterocycles. The Balaban J connectivity index is 2.06. The lowest BCUT2D eigenvalue weighted by Gasteiger charge is -2.10. The monoisotopic (exact) mass is 250 g/mol. The first-order valence-corrected chi connectivity index (χ1v) is 5.85. The van der Waals surface area contributed by atoms with Crippen LogP contribution in [-0.2, 0) is 18.5 Å². The van der Waals surface area contributed by atoms with Crippen LogP contribution in [0.5, 0.6) is 0 Å². The summed E-state index contributed by atoms with van der Waals surface area (Å²) in [6, 6.07) is 0. The molecule has 0 aromatic carbocycles. The second-order valence-electron chi connectivity index (χ2n) is 5.20. The zero-order valence-corrected chi connectivity index (χ0v) is 11.1. The van der Waals surface area contributed by atoms with E-state index in [1.807, 2.05) is 34.0 Å². The standard InChI is InChI=1S/C11H18N6O/c1-11(2,3)10-13-9(18-15-10)7-17-6-8(5-12-4)14-16-17/h6,12H,5,7H2,1-4H3. The van der Waals surface area contributed by atoms with Gasteiger partial charge in [0.15, 0.2) is 5.82 Å². The third kappa shape index (κ3) is 2.92. The van der Waals surface area contributed by atoms with Gasteiger partial charge in [0.2, 0.25) is 5.89 Å². The van der Waals surface area contributed by atoms with Crippen LogP contribution in [0.2, 0.25) is 0 Å². The highest BCUT2D eigenvalue weighted by Gasteiger charge is 2.21. The summed E-state index contributed by atoms with van der Waals surface area (Å²) in [6.45, 7) is 7.27. The average Bonchev–Trinajstić information content (AvgIpc) is 2.88. The zero-order chi connectivity index (χ0) is 13.2. The van der Waals surface area contributed by atoms with Crippen LogP contribution in [0, 0.1) is 0 Å². The molecular formula is C11H18N6O. The third-order valence-corrected chi connectivity index (χ3v) is 2.38. The topological polar surface area (TPSA) is 81.7 Å². The van der Waals surface area contributed by atoms with E-state index in [4.69, 9.17) is 4.52 Å². The highest BCUT2D eigenvalue weighted by molar-refractivity contribution is 5.00.